The maximum atomic E-state index is 13.4. The first-order valence-corrected chi connectivity index (χ1v) is 10.5. The van der Waals surface area contributed by atoms with Crippen LogP contribution in [0.15, 0.2) is 27.7 Å². The molecule has 0 spiro atoms. The van der Waals surface area contributed by atoms with Gasteiger partial charge in [-0.2, -0.15) is 0 Å². The molecule has 2 rings (SSSR count). The second-order valence-electron chi connectivity index (χ2n) is 6.00. The van der Waals surface area contributed by atoms with Gasteiger partial charge in [0.25, 0.3) is 0 Å². The highest BCUT2D eigenvalue weighted by Crippen LogP contribution is 2.23. The molecule has 7 heteroatoms. The van der Waals surface area contributed by atoms with Crippen LogP contribution in [0.3, 0.4) is 0 Å². The molecule has 2 N–H and O–H groups in total. The summed E-state index contributed by atoms with van der Waals surface area (Å²) in [6.07, 6.45) is 4.10. The number of hydrogen-bond acceptors (Lipinski definition) is 2. The van der Waals surface area contributed by atoms with Crippen LogP contribution in [-0.2, 0) is 17.3 Å². The van der Waals surface area contributed by atoms with Gasteiger partial charge in [-0.1, -0.05) is 29.3 Å². The molecule has 0 saturated heterocycles. The van der Waals surface area contributed by atoms with Gasteiger partial charge >= 0.3 is 0 Å². The minimum atomic E-state index is -0.737. The summed E-state index contributed by atoms with van der Waals surface area (Å²) in [5.74, 6) is 1.16. The molecule has 0 aliphatic heterocycles. The van der Waals surface area contributed by atoms with Gasteiger partial charge in [0.05, 0.1) is 0 Å². The largest absolute Gasteiger partial charge is 0.354 e. The third kappa shape index (κ3) is 5.84. The Balaban J connectivity index is 1.89. The molecule has 0 aromatic heterocycles. The molecule has 1 aromatic carbocycles. The summed E-state index contributed by atoms with van der Waals surface area (Å²) in [6.45, 7) is 2.47. The van der Waals surface area contributed by atoms with Gasteiger partial charge in [0.1, 0.15) is 5.82 Å². The van der Waals surface area contributed by atoms with E-state index in [4.69, 9.17) is 0 Å². The molecule has 0 heterocycles. The number of nitrogens with one attached hydrogen (secondary N) is 2. The van der Waals surface area contributed by atoms with Crippen molar-refractivity contribution in [3.63, 3.8) is 0 Å². The lowest BCUT2D eigenvalue weighted by Gasteiger charge is -2.30. The van der Waals surface area contributed by atoms with Crippen molar-refractivity contribution in [1.82, 2.24) is 10.6 Å². The van der Waals surface area contributed by atoms with E-state index in [2.05, 4.69) is 31.6 Å². The van der Waals surface area contributed by atoms with Gasteiger partial charge in [0.2, 0.25) is 0 Å². The summed E-state index contributed by atoms with van der Waals surface area (Å²) in [6, 6.07) is 5.10. The fraction of sp³-hybridized carbons (Fsp3) is 0.588. The number of benzene rings is 1. The van der Waals surface area contributed by atoms with Crippen LogP contribution in [-0.4, -0.2) is 34.3 Å². The quantitative estimate of drug-likeness (QED) is 0.570. The summed E-state index contributed by atoms with van der Waals surface area (Å²) >= 11 is 3.30. The number of hydrogen-bond donors (Lipinski definition) is 2. The number of guanidine groups is 1. The molecule has 0 bridgehead atoms. The van der Waals surface area contributed by atoms with Crippen molar-refractivity contribution in [2.24, 2.45) is 4.99 Å². The zero-order chi connectivity index (χ0) is 17.5. The molecular weight excluding hydrogens is 393 g/mol. The molecule has 4 nitrogen and oxygen atoms in total. The first-order chi connectivity index (χ1) is 11.5. The SMILES string of the molecule is CCS(=O)C1CCCC(NC(=NC)NCc2cc(F)cc(Br)c2)C1. The van der Waals surface area contributed by atoms with E-state index >= 15 is 0 Å². The van der Waals surface area contributed by atoms with Crippen LogP contribution >= 0.6 is 15.9 Å². The minimum absolute atomic E-state index is 0.263. The Kier molecular flexibility index (Phi) is 7.68. The highest BCUT2D eigenvalue weighted by Gasteiger charge is 2.25. The van der Waals surface area contributed by atoms with Gasteiger partial charge < -0.3 is 10.6 Å². The Morgan fingerprint density at radius 2 is 2.21 bits per heavy atom. The summed E-state index contributed by atoms with van der Waals surface area (Å²) < 4.78 is 26.2. The molecule has 1 aliphatic carbocycles. The molecule has 3 atom stereocenters. The molecule has 24 heavy (non-hydrogen) atoms. The summed E-state index contributed by atoms with van der Waals surface area (Å²) in [5, 5.41) is 6.91. The van der Waals surface area contributed by atoms with Crippen molar-refractivity contribution < 1.29 is 8.60 Å². The topological polar surface area (TPSA) is 53.5 Å². The van der Waals surface area contributed by atoms with Crippen LogP contribution < -0.4 is 10.6 Å². The molecule has 1 aromatic rings. The molecule has 1 fully saturated rings. The Morgan fingerprint density at radius 1 is 1.42 bits per heavy atom. The fourth-order valence-electron chi connectivity index (χ4n) is 3.04. The highest BCUT2D eigenvalue weighted by atomic mass is 79.9. The summed E-state index contributed by atoms with van der Waals surface area (Å²) in [7, 11) is 0.987. The number of aliphatic imine (C=N–C) groups is 1. The third-order valence-corrected chi connectivity index (χ3v) is 6.43. The molecule has 134 valence electrons. The first-order valence-electron chi connectivity index (χ1n) is 8.31. The highest BCUT2D eigenvalue weighted by molar-refractivity contribution is 9.10. The Labute approximate surface area is 154 Å². The first kappa shape index (κ1) is 19.4. The second kappa shape index (κ2) is 9.51. The Bertz CT molecular complexity index is 591. The van der Waals surface area contributed by atoms with Gasteiger partial charge in [-0.3, -0.25) is 9.20 Å². The number of halogens is 2. The predicted molar refractivity (Wildman–Crippen MR) is 102 cm³/mol. The van der Waals surface area contributed by atoms with Crippen molar-refractivity contribution in [3.8, 4) is 0 Å². The van der Waals surface area contributed by atoms with Gasteiger partial charge in [-0.05, 0) is 43.0 Å². The molecule has 0 radical (unpaired) electrons. The normalized spacial score (nSPS) is 22.9. The van der Waals surface area contributed by atoms with Crippen molar-refractivity contribution in [2.45, 2.75) is 50.4 Å². The van der Waals surface area contributed by atoms with Crippen LogP contribution in [0, 0.1) is 5.82 Å². The lowest BCUT2D eigenvalue weighted by Crippen LogP contribution is -2.46. The maximum absolute atomic E-state index is 13.4. The van der Waals surface area contributed by atoms with E-state index in [1.807, 2.05) is 13.0 Å². The average molecular weight is 418 g/mol. The van der Waals surface area contributed by atoms with Crippen molar-refractivity contribution >= 4 is 32.7 Å². The molecule has 0 amide bonds. The standard InChI is InChI=1S/C17H25BrFN3OS/c1-3-24(23)16-6-4-5-15(10-16)22-17(20-2)21-11-12-7-13(18)9-14(19)8-12/h7-9,15-16H,3-6,10-11H2,1-2H3,(H2,20,21,22). The van der Waals surface area contributed by atoms with Gasteiger partial charge in [-0.25, -0.2) is 4.39 Å². The summed E-state index contributed by atoms with van der Waals surface area (Å²) in [5.41, 5.74) is 0.846. The van der Waals surface area contributed by atoms with E-state index in [9.17, 15) is 8.60 Å². The van der Waals surface area contributed by atoms with E-state index in [0.717, 1.165) is 41.5 Å². The average Bonchev–Trinajstić information content (AvgIpc) is 2.57. The Hall–Kier alpha value is -0.950. The molecule has 1 aliphatic rings. The van der Waals surface area contributed by atoms with Crippen LogP contribution in [0.1, 0.15) is 38.2 Å². The smallest absolute Gasteiger partial charge is 0.191 e. The summed E-state index contributed by atoms with van der Waals surface area (Å²) in [4.78, 5) is 4.25. The van der Waals surface area contributed by atoms with Gasteiger partial charge in [0, 0.05) is 45.9 Å². The lowest BCUT2D eigenvalue weighted by molar-refractivity contribution is 0.413. The maximum Gasteiger partial charge on any atom is 0.191 e. The molecular formula is C17H25BrFN3OS. The van der Waals surface area contributed by atoms with E-state index in [1.54, 1.807) is 7.05 Å². The lowest BCUT2D eigenvalue weighted by atomic mass is 9.95. The van der Waals surface area contributed by atoms with Crippen LogP contribution in [0.5, 0.6) is 0 Å². The minimum Gasteiger partial charge on any atom is -0.354 e. The van der Waals surface area contributed by atoms with Crippen molar-refractivity contribution in [2.75, 3.05) is 12.8 Å². The van der Waals surface area contributed by atoms with Crippen LogP contribution in [0.4, 0.5) is 4.39 Å². The number of rotatable bonds is 5. The van der Waals surface area contributed by atoms with Gasteiger partial charge in [-0.15, -0.1) is 0 Å². The molecule has 3 unspecified atom stereocenters. The fourth-order valence-corrected chi connectivity index (χ4v) is 4.90. The van der Waals surface area contributed by atoms with E-state index in [1.165, 1.54) is 12.1 Å². The van der Waals surface area contributed by atoms with Gasteiger partial charge in [0.15, 0.2) is 5.96 Å². The predicted octanol–water partition coefficient (Wildman–Crippen LogP) is 3.33. The van der Waals surface area contributed by atoms with Crippen LogP contribution in [0.2, 0.25) is 0 Å². The monoisotopic (exact) mass is 417 g/mol. The van der Waals surface area contributed by atoms with Crippen LogP contribution in [0.25, 0.3) is 0 Å². The van der Waals surface area contributed by atoms with E-state index in [-0.39, 0.29) is 17.1 Å². The third-order valence-electron chi connectivity index (χ3n) is 4.23. The van der Waals surface area contributed by atoms with Crippen molar-refractivity contribution in [3.05, 3.63) is 34.1 Å². The molecule has 1 saturated carbocycles. The zero-order valence-corrected chi connectivity index (χ0v) is 16.6. The zero-order valence-electron chi connectivity index (χ0n) is 14.1. The number of nitrogens with zero attached hydrogens (tertiary/aromatic N) is 1. The van der Waals surface area contributed by atoms with E-state index in [0.29, 0.717) is 12.5 Å². The Morgan fingerprint density at radius 3 is 2.88 bits per heavy atom. The van der Waals surface area contributed by atoms with E-state index < -0.39 is 10.8 Å². The van der Waals surface area contributed by atoms with Crippen molar-refractivity contribution in [1.29, 1.82) is 0 Å². The second-order valence-corrected chi connectivity index (χ2v) is 8.92.